The van der Waals surface area contributed by atoms with Gasteiger partial charge in [0.15, 0.2) is 5.78 Å². The van der Waals surface area contributed by atoms with Crippen molar-refractivity contribution in [3.05, 3.63) is 29.8 Å². The number of rotatable bonds is 5. The zero-order chi connectivity index (χ0) is 12.1. The smallest absolute Gasteiger partial charge is 0.159 e. The lowest BCUT2D eigenvalue weighted by Gasteiger charge is -2.26. The van der Waals surface area contributed by atoms with Gasteiger partial charge in [-0.15, -0.1) is 0 Å². The van der Waals surface area contributed by atoms with Gasteiger partial charge < -0.3 is 4.90 Å². The second kappa shape index (κ2) is 5.69. The maximum atomic E-state index is 11.1. The summed E-state index contributed by atoms with van der Waals surface area (Å²) in [5.41, 5.74) is 1.95. The Bertz CT molecular complexity index is 342. The van der Waals surface area contributed by atoms with Gasteiger partial charge in [0, 0.05) is 24.3 Å². The minimum atomic E-state index is 0.121. The summed E-state index contributed by atoms with van der Waals surface area (Å²) >= 11 is 0. The quantitative estimate of drug-likeness (QED) is 0.706. The highest BCUT2D eigenvalue weighted by Crippen LogP contribution is 2.18. The molecule has 0 saturated heterocycles. The van der Waals surface area contributed by atoms with Gasteiger partial charge in [-0.3, -0.25) is 4.79 Å². The Morgan fingerprint density at radius 1 is 1.31 bits per heavy atom. The van der Waals surface area contributed by atoms with Crippen LogP contribution < -0.4 is 4.90 Å². The molecule has 1 aromatic rings. The first-order valence-electron chi connectivity index (χ1n) is 5.90. The van der Waals surface area contributed by atoms with E-state index in [2.05, 4.69) is 25.8 Å². The minimum absolute atomic E-state index is 0.121. The average Bonchev–Trinajstić information content (AvgIpc) is 2.28. The van der Waals surface area contributed by atoms with Crippen LogP contribution in [-0.2, 0) is 0 Å². The zero-order valence-electron chi connectivity index (χ0n) is 10.7. The van der Waals surface area contributed by atoms with Crippen LogP contribution >= 0.6 is 0 Å². The Hall–Kier alpha value is -1.31. The highest BCUT2D eigenvalue weighted by atomic mass is 16.1. The number of hydrogen-bond donors (Lipinski definition) is 0. The SMILES string of the molecule is CCCC(C)N(C)c1ccc(C(C)=O)cc1. The Morgan fingerprint density at radius 3 is 2.31 bits per heavy atom. The van der Waals surface area contributed by atoms with Gasteiger partial charge in [0.2, 0.25) is 0 Å². The summed E-state index contributed by atoms with van der Waals surface area (Å²) < 4.78 is 0. The Morgan fingerprint density at radius 2 is 1.88 bits per heavy atom. The molecule has 0 saturated carbocycles. The van der Waals surface area contributed by atoms with Crippen molar-refractivity contribution in [2.45, 2.75) is 39.7 Å². The lowest BCUT2D eigenvalue weighted by Crippen LogP contribution is -2.28. The van der Waals surface area contributed by atoms with Crippen LogP contribution in [0.15, 0.2) is 24.3 Å². The molecule has 0 N–H and O–H groups in total. The zero-order valence-corrected chi connectivity index (χ0v) is 10.7. The van der Waals surface area contributed by atoms with Gasteiger partial charge in [-0.1, -0.05) is 13.3 Å². The number of Topliss-reactive ketones (excluding diaryl/α,β-unsaturated/α-hetero) is 1. The van der Waals surface area contributed by atoms with Gasteiger partial charge in [-0.05, 0) is 44.5 Å². The molecule has 0 aromatic heterocycles. The van der Waals surface area contributed by atoms with Crippen LogP contribution in [0.25, 0.3) is 0 Å². The molecule has 0 spiro atoms. The van der Waals surface area contributed by atoms with Crippen LogP contribution in [0, 0.1) is 0 Å². The van der Waals surface area contributed by atoms with Crippen LogP contribution in [0.1, 0.15) is 44.0 Å². The van der Waals surface area contributed by atoms with Crippen molar-refractivity contribution < 1.29 is 4.79 Å². The van der Waals surface area contributed by atoms with E-state index in [9.17, 15) is 4.79 Å². The van der Waals surface area contributed by atoms with E-state index in [1.54, 1.807) is 6.92 Å². The lowest BCUT2D eigenvalue weighted by atomic mass is 10.1. The molecule has 88 valence electrons. The van der Waals surface area contributed by atoms with Gasteiger partial charge in [0.05, 0.1) is 0 Å². The maximum absolute atomic E-state index is 11.1. The van der Waals surface area contributed by atoms with Gasteiger partial charge in [-0.25, -0.2) is 0 Å². The summed E-state index contributed by atoms with van der Waals surface area (Å²) in [6, 6.07) is 8.36. The summed E-state index contributed by atoms with van der Waals surface area (Å²) in [5, 5.41) is 0. The summed E-state index contributed by atoms with van der Waals surface area (Å²) in [6.07, 6.45) is 2.38. The fourth-order valence-electron chi connectivity index (χ4n) is 1.80. The predicted molar refractivity (Wildman–Crippen MR) is 69.2 cm³/mol. The molecule has 0 fully saturated rings. The van der Waals surface area contributed by atoms with Crippen molar-refractivity contribution in [3.63, 3.8) is 0 Å². The molecule has 1 rings (SSSR count). The van der Waals surface area contributed by atoms with Gasteiger partial charge >= 0.3 is 0 Å². The second-order valence-electron chi connectivity index (χ2n) is 4.35. The molecule has 2 nitrogen and oxygen atoms in total. The van der Waals surface area contributed by atoms with Crippen LogP contribution in [0.3, 0.4) is 0 Å². The summed E-state index contributed by atoms with van der Waals surface area (Å²) in [5.74, 6) is 0.121. The third kappa shape index (κ3) is 3.09. The van der Waals surface area contributed by atoms with Crippen LogP contribution in [0.5, 0.6) is 0 Å². The number of carbonyl (C=O) groups excluding carboxylic acids is 1. The monoisotopic (exact) mass is 219 g/mol. The van der Waals surface area contributed by atoms with E-state index in [0.717, 1.165) is 5.56 Å². The normalized spacial score (nSPS) is 12.2. The largest absolute Gasteiger partial charge is 0.372 e. The van der Waals surface area contributed by atoms with Crippen LogP contribution in [0.4, 0.5) is 5.69 Å². The number of carbonyl (C=O) groups is 1. The van der Waals surface area contributed by atoms with Crippen molar-refractivity contribution in [2.75, 3.05) is 11.9 Å². The first kappa shape index (κ1) is 12.8. The first-order valence-corrected chi connectivity index (χ1v) is 5.90. The maximum Gasteiger partial charge on any atom is 0.159 e. The van der Waals surface area contributed by atoms with E-state index in [-0.39, 0.29) is 5.78 Å². The molecule has 0 aliphatic heterocycles. The van der Waals surface area contributed by atoms with E-state index in [1.165, 1.54) is 18.5 Å². The van der Waals surface area contributed by atoms with Crippen molar-refractivity contribution >= 4 is 11.5 Å². The predicted octanol–water partition coefficient (Wildman–Crippen LogP) is 3.51. The van der Waals surface area contributed by atoms with E-state index in [1.807, 2.05) is 24.3 Å². The molecule has 0 bridgehead atoms. The number of hydrogen-bond acceptors (Lipinski definition) is 2. The summed E-state index contributed by atoms with van der Waals surface area (Å²) in [7, 11) is 2.10. The van der Waals surface area contributed by atoms with Gasteiger partial charge in [0.25, 0.3) is 0 Å². The molecule has 0 radical (unpaired) electrons. The summed E-state index contributed by atoms with van der Waals surface area (Å²) in [4.78, 5) is 13.4. The Labute approximate surface area is 98.3 Å². The molecular formula is C14H21NO. The molecule has 0 amide bonds. The number of benzene rings is 1. The van der Waals surface area contributed by atoms with Crippen LogP contribution in [0.2, 0.25) is 0 Å². The molecule has 0 aliphatic carbocycles. The minimum Gasteiger partial charge on any atom is -0.372 e. The first-order chi connectivity index (χ1) is 7.56. The number of anilines is 1. The lowest BCUT2D eigenvalue weighted by molar-refractivity contribution is 0.101. The second-order valence-corrected chi connectivity index (χ2v) is 4.35. The molecule has 0 heterocycles. The highest BCUT2D eigenvalue weighted by molar-refractivity contribution is 5.94. The molecule has 16 heavy (non-hydrogen) atoms. The number of nitrogens with zero attached hydrogens (tertiary/aromatic N) is 1. The molecule has 0 aliphatic rings. The van der Waals surface area contributed by atoms with Gasteiger partial charge in [0.1, 0.15) is 0 Å². The van der Waals surface area contributed by atoms with Crippen molar-refractivity contribution in [2.24, 2.45) is 0 Å². The molecule has 1 atom stereocenters. The highest BCUT2D eigenvalue weighted by Gasteiger charge is 2.09. The van der Waals surface area contributed by atoms with Crippen molar-refractivity contribution in [1.82, 2.24) is 0 Å². The number of ketones is 1. The van der Waals surface area contributed by atoms with Crippen molar-refractivity contribution in [3.8, 4) is 0 Å². The Kier molecular flexibility index (Phi) is 4.53. The van der Waals surface area contributed by atoms with Gasteiger partial charge in [-0.2, -0.15) is 0 Å². The van der Waals surface area contributed by atoms with E-state index >= 15 is 0 Å². The Balaban J connectivity index is 2.77. The molecular weight excluding hydrogens is 198 g/mol. The average molecular weight is 219 g/mol. The van der Waals surface area contributed by atoms with E-state index in [4.69, 9.17) is 0 Å². The van der Waals surface area contributed by atoms with E-state index in [0.29, 0.717) is 6.04 Å². The molecule has 2 heteroatoms. The third-order valence-corrected chi connectivity index (χ3v) is 3.05. The fraction of sp³-hybridized carbons (Fsp3) is 0.500. The van der Waals surface area contributed by atoms with E-state index < -0.39 is 0 Å². The van der Waals surface area contributed by atoms with Crippen molar-refractivity contribution in [1.29, 1.82) is 0 Å². The molecule has 1 aromatic carbocycles. The molecule has 1 unspecified atom stereocenters. The van der Waals surface area contributed by atoms with Crippen LogP contribution in [-0.4, -0.2) is 18.9 Å². The third-order valence-electron chi connectivity index (χ3n) is 3.05. The summed E-state index contributed by atoms with van der Waals surface area (Å²) in [6.45, 7) is 6.02. The fourth-order valence-corrected chi connectivity index (χ4v) is 1.80. The standard InChI is InChI=1S/C14H21NO/c1-5-6-11(2)15(4)14-9-7-13(8-10-14)12(3)16/h7-11H,5-6H2,1-4H3. The topological polar surface area (TPSA) is 20.3 Å².